The molecule has 2 heterocycles. The summed E-state index contributed by atoms with van der Waals surface area (Å²) in [7, 11) is 0. The summed E-state index contributed by atoms with van der Waals surface area (Å²) in [6.45, 7) is 1.68. The normalized spacial score (nSPS) is 11.0. The minimum absolute atomic E-state index is 0.480. The van der Waals surface area contributed by atoms with Crippen LogP contribution in [-0.4, -0.2) is 22.6 Å². The topological polar surface area (TPSA) is 77.2 Å². The molecule has 0 unspecified atom stereocenters. The smallest absolute Gasteiger partial charge is 0.284 e. The van der Waals surface area contributed by atoms with Gasteiger partial charge in [-0.3, -0.25) is 10.0 Å². The fraction of sp³-hybridized carbons (Fsp3) is 0.136. The molecule has 142 valence electrons. The van der Waals surface area contributed by atoms with Crippen molar-refractivity contribution in [1.82, 2.24) is 15.8 Å². The van der Waals surface area contributed by atoms with Crippen LogP contribution in [0.1, 0.15) is 20.8 Å². The van der Waals surface area contributed by atoms with Gasteiger partial charge in [-0.05, 0) is 53.9 Å². The molecule has 0 atom stereocenters. The third-order valence-electron chi connectivity index (χ3n) is 4.72. The molecule has 0 saturated heterocycles. The Morgan fingerprint density at radius 2 is 1.96 bits per heavy atom. The number of rotatable bonds is 7. The highest BCUT2D eigenvalue weighted by Crippen LogP contribution is 2.28. The lowest BCUT2D eigenvalue weighted by Crippen LogP contribution is -2.16. The molecular formula is C22H21N3O2S. The highest BCUT2D eigenvalue weighted by molar-refractivity contribution is 7.17. The highest BCUT2D eigenvalue weighted by atomic mass is 32.1. The maximum Gasteiger partial charge on any atom is 0.284 e. The van der Waals surface area contributed by atoms with Crippen LogP contribution in [0.15, 0.2) is 66.9 Å². The fourth-order valence-corrected chi connectivity index (χ4v) is 4.19. The first-order valence-corrected chi connectivity index (χ1v) is 9.95. The Labute approximate surface area is 167 Å². The van der Waals surface area contributed by atoms with Crippen LogP contribution >= 0.6 is 11.3 Å². The Hall–Kier alpha value is -2.93. The van der Waals surface area contributed by atoms with Gasteiger partial charge in [0.2, 0.25) is 0 Å². The zero-order valence-electron chi connectivity index (χ0n) is 15.2. The van der Waals surface area contributed by atoms with Gasteiger partial charge in [0.05, 0.1) is 4.88 Å². The van der Waals surface area contributed by atoms with Crippen molar-refractivity contribution in [1.29, 1.82) is 0 Å². The molecule has 0 aliphatic carbocycles. The first kappa shape index (κ1) is 18.4. The van der Waals surface area contributed by atoms with Crippen molar-refractivity contribution < 1.29 is 10.0 Å². The van der Waals surface area contributed by atoms with Gasteiger partial charge >= 0.3 is 0 Å². The van der Waals surface area contributed by atoms with Gasteiger partial charge in [0.25, 0.3) is 5.91 Å². The average Bonchev–Trinajstić information content (AvgIpc) is 3.39. The first-order valence-electron chi connectivity index (χ1n) is 9.14. The lowest BCUT2D eigenvalue weighted by atomic mass is 10.1. The largest absolute Gasteiger partial charge is 0.361 e. The average molecular weight is 391 g/mol. The summed E-state index contributed by atoms with van der Waals surface area (Å²) in [6.07, 6.45) is 3.05. The van der Waals surface area contributed by atoms with Crippen LogP contribution in [0.4, 0.5) is 0 Å². The van der Waals surface area contributed by atoms with Crippen LogP contribution in [0.25, 0.3) is 21.3 Å². The van der Waals surface area contributed by atoms with Gasteiger partial charge in [-0.2, -0.15) is 0 Å². The van der Waals surface area contributed by atoms with Crippen molar-refractivity contribution >= 4 is 28.1 Å². The van der Waals surface area contributed by atoms with Gasteiger partial charge in [0, 0.05) is 28.5 Å². The van der Waals surface area contributed by atoms with Crippen LogP contribution in [0.5, 0.6) is 0 Å². The number of nitrogens with one attached hydrogen (secondary N) is 3. The summed E-state index contributed by atoms with van der Waals surface area (Å²) in [5, 5.41) is 13.5. The molecule has 4 rings (SSSR count). The molecule has 6 heteroatoms. The first-order chi connectivity index (χ1) is 13.7. The number of para-hydroxylation sites is 1. The second-order valence-electron chi connectivity index (χ2n) is 6.59. The van der Waals surface area contributed by atoms with Crippen LogP contribution in [0.2, 0.25) is 0 Å². The van der Waals surface area contributed by atoms with E-state index in [4.69, 9.17) is 5.21 Å². The minimum Gasteiger partial charge on any atom is -0.361 e. The van der Waals surface area contributed by atoms with E-state index in [1.54, 1.807) is 11.5 Å². The molecule has 0 saturated carbocycles. The van der Waals surface area contributed by atoms with Gasteiger partial charge in [0.1, 0.15) is 0 Å². The van der Waals surface area contributed by atoms with E-state index >= 15 is 0 Å². The number of fused-ring (bicyclic) bond motifs is 1. The number of hydrogen-bond donors (Lipinski definition) is 4. The quantitative estimate of drug-likeness (QED) is 0.215. The third kappa shape index (κ3) is 3.99. The number of hydrogen-bond acceptors (Lipinski definition) is 4. The van der Waals surface area contributed by atoms with Crippen molar-refractivity contribution in [2.75, 3.05) is 6.54 Å². The third-order valence-corrected chi connectivity index (χ3v) is 5.85. The van der Waals surface area contributed by atoms with E-state index in [0.29, 0.717) is 4.88 Å². The van der Waals surface area contributed by atoms with Crippen LogP contribution < -0.4 is 10.8 Å². The summed E-state index contributed by atoms with van der Waals surface area (Å²) in [5.41, 5.74) is 6.43. The van der Waals surface area contributed by atoms with E-state index in [1.807, 2.05) is 24.3 Å². The Kier molecular flexibility index (Phi) is 5.53. The van der Waals surface area contributed by atoms with Crippen molar-refractivity contribution in [3.63, 3.8) is 0 Å². The van der Waals surface area contributed by atoms with Crippen molar-refractivity contribution in [3.8, 4) is 10.4 Å². The van der Waals surface area contributed by atoms with Gasteiger partial charge in [-0.25, -0.2) is 5.48 Å². The summed E-state index contributed by atoms with van der Waals surface area (Å²) >= 11 is 1.36. The Morgan fingerprint density at radius 3 is 2.86 bits per heavy atom. The van der Waals surface area contributed by atoms with Gasteiger partial charge in [-0.15, -0.1) is 11.3 Å². The molecular weight excluding hydrogens is 370 g/mol. The molecule has 0 radical (unpaired) electrons. The number of amides is 1. The molecule has 0 fully saturated rings. The highest BCUT2D eigenvalue weighted by Gasteiger charge is 2.09. The number of aromatic nitrogens is 1. The molecule has 4 aromatic rings. The monoisotopic (exact) mass is 391 g/mol. The zero-order chi connectivity index (χ0) is 19.3. The summed E-state index contributed by atoms with van der Waals surface area (Å²) in [4.78, 5) is 16.3. The SMILES string of the molecule is O=C(NO)c1ccc(-c2cccc(CNCCc3c[nH]c4ccccc34)c2)s1. The van der Waals surface area contributed by atoms with Crippen LogP contribution in [0.3, 0.4) is 0 Å². The molecule has 4 N–H and O–H groups in total. The molecule has 0 aliphatic heterocycles. The number of thiophene rings is 1. The van der Waals surface area contributed by atoms with E-state index in [-0.39, 0.29) is 0 Å². The van der Waals surface area contributed by atoms with Gasteiger partial charge < -0.3 is 10.3 Å². The van der Waals surface area contributed by atoms with E-state index in [1.165, 1.54) is 33.4 Å². The molecule has 28 heavy (non-hydrogen) atoms. The van der Waals surface area contributed by atoms with Crippen LogP contribution in [0, 0.1) is 0 Å². The molecule has 2 aromatic heterocycles. The molecule has 2 aromatic carbocycles. The van der Waals surface area contributed by atoms with E-state index in [9.17, 15) is 4.79 Å². The standard InChI is InChI=1S/C22H21N3O2S/c26-22(25-27)21-9-8-20(28-21)16-5-3-4-15(12-16)13-23-11-10-17-14-24-19-7-2-1-6-18(17)19/h1-9,12,14,23-24,27H,10-11,13H2,(H,25,26). The molecule has 0 bridgehead atoms. The van der Waals surface area contributed by atoms with Gasteiger partial charge in [0.15, 0.2) is 0 Å². The van der Waals surface area contributed by atoms with Crippen molar-refractivity contribution in [2.24, 2.45) is 0 Å². The summed E-state index contributed by atoms with van der Waals surface area (Å²) in [6, 6.07) is 20.3. The maximum atomic E-state index is 11.5. The summed E-state index contributed by atoms with van der Waals surface area (Å²) in [5.74, 6) is -0.480. The predicted octanol–water partition coefficient (Wildman–Crippen LogP) is 4.35. The fourth-order valence-electron chi connectivity index (χ4n) is 3.30. The van der Waals surface area contributed by atoms with Crippen molar-refractivity contribution in [2.45, 2.75) is 13.0 Å². The minimum atomic E-state index is -0.480. The second kappa shape index (κ2) is 8.39. The van der Waals surface area contributed by atoms with Gasteiger partial charge in [-0.1, -0.05) is 36.4 Å². The number of benzene rings is 2. The second-order valence-corrected chi connectivity index (χ2v) is 7.68. The Bertz CT molecular complexity index is 1100. The van der Waals surface area contributed by atoms with E-state index in [0.717, 1.165) is 30.0 Å². The van der Waals surface area contributed by atoms with E-state index in [2.05, 4.69) is 46.8 Å². The Morgan fingerprint density at radius 1 is 1.07 bits per heavy atom. The molecule has 0 spiro atoms. The number of H-pyrrole nitrogens is 1. The van der Waals surface area contributed by atoms with Crippen LogP contribution in [-0.2, 0) is 13.0 Å². The molecule has 0 aliphatic rings. The number of aromatic amines is 1. The lowest BCUT2D eigenvalue weighted by Gasteiger charge is -2.06. The van der Waals surface area contributed by atoms with Crippen molar-refractivity contribution in [3.05, 3.63) is 82.9 Å². The lowest BCUT2D eigenvalue weighted by molar-refractivity contribution is 0.0711. The number of hydroxylamine groups is 1. The number of carbonyl (C=O) groups excluding carboxylic acids is 1. The molecule has 1 amide bonds. The summed E-state index contributed by atoms with van der Waals surface area (Å²) < 4.78 is 0. The maximum absolute atomic E-state index is 11.5. The predicted molar refractivity (Wildman–Crippen MR) is 113 cm³/mol. The van der Waals surface area contributed by atoms with E-state index < -0.39 is 5.91 Å². The zero-order valence-corrected chi connectivity index (χ0v) is 16.1. The Balaban J connectivity index is 1.36. The molecule has 5 nitrogen and oxygen atoms in total. The number of carbonyl (C=O) groups is 1.